The van der Waals surface area contributed by atoms with Gasteiger partial charge in [0.05, 0.1) is 13.2 Å². The van der Waals surface area contributed by atoms with Gasteiger partial charge in [-0.25, -0.2) is 4.98 Å². The molecule has 2 aromatic rings. The maximum atomic E-state index is 10.3. The molecule has 1 aliphatic heterocycles. The minimum absolute atomic E-state index is 0.338. The topological polar surface area (TPSA) is 136 Å². The zero-order valence-electron chi connectivity index (χ0n) is 15.4. The number of aromatic nitrogens is 5. The fourth-order valence-corrected chi connectivity index (χ4v) is 3.40. The van der Waals surface area contributed by atoms with Crippen LogP contribution in [0.15, 0.2) is 5.16 Å². The van der Waals surface area contributed by atoms with E-state index in [1.54, 1.807) is 0 Å². The second-order valence-electron chi connectivity index (χ2n) is 6.30. The molecule has 0 aromatic carbocycles. The number of hydrogen-bond acceptors (Lipinski definition) is 10. The summed E-state index contributed by atoms with van der Waals surface area (Å²) < 4.78 is 12.6. The Labute approximate surface area is 160 Å². The summed E-state index contributed by atoms with van der Waals surface area (Å²) >= 11 is 1.49. The van der Waals surface area contributed by atoms with E-state index in [2.05, 4.69) is 34.1 Å². The molecule has 1 aliphatic rings. The van der Waals surface area contributed by atoms with Gasteiger partial charge in [-0.1, -0.05) is 37.2 Å². The molecule has 0 spiro atoms. The highest BCUT2D eigenvalue weighted by Crippen LogP contribution is 2.32. The summed E-state index contributed by atoms with van der Waals surface area (Å²) in [6, 6.07) is 0. The van der Waals surface area contributed by atoms with Gasteiger partial charge >= 0.3 is 0 Å². The largest absolute Gasteiger partial charge is 0.476 e. The van der Waals surface area contributed by atoms with Crippen LogP contribution in [0.1, 0.15) is 39.3 Å². The van der Waals surface area contributed by atoms with Gasteiger partial charge in [-0.3, -0.25) is 0 Å². The number of thioether (sulfide) groups is 1. The van der Waals surface area contributed by atoms with E-state index in [-0.39, 0.29) is 0 Å². The van der Waals surface area contributed by atoms with Crippen molar-refractivity contribution in [2.75, 3.05) is 19.0 Å². The average molecular weight is 399 g/mol. The highest BCUT2D eigenvalue weighted by atomic mass is 32.2. The van der Waals surface area contributed by atoms with Crippen LogP contribution in [0.25, 0.3) is 11.2 Å². The highest BCUT2D eigenvalue weighted by Gasteiger charge is 2.44. The van der Waals surface area contributed by atoms with Crippen LogP contribution < -0.4 is 4.74 Å². The lowest BCUT2D eigenvalue weighted by molar-refractivity contribution is -0.0575. The van der Waals surface area contributed by atoms with E-state index in [1.807, 2.05) is 0 Å². The van der Waals surface area contributed by atoms with Crippen molar-refractivity contribution in [3.63, 3.8) is 0 Å². The molecule has 1 fully saturated rings. The molecule has 0 saturated carbocycles. The Kier molecular flexibility index (Phi) is 6.82. The second-order valence-corrected chi connectivity index (χ2v) is 7.36. The lowest BCUT2D eigenvalue weighted by atomic mass is 10.1. The minimum Gasteiger partial charge on any atom is -0.476 e. The molecule has 11 heteroatoms. The van der Waals surface area contributed by atoms with Crippen LogP contribution in [0.4, 0.5) is 0 Å². The van der Waals surface area contributed by atoms with Crippen molar-refractivity contribution >= 4 is 22.9 Å². The Hall–Kier alpha value is -1.53. The molecule has 27 heavy (non-hydrogen) atoms. The van der Waals surface area contributed by atoms with E-state index in [9.17, 15) is 15.3 Å². The summed E-state index contributed by atoms with van der Waals surface area (Å²) in [5.41, 5.74) is 0.717. The molecule has 3 N–H and O–H groups in total. The number of aliphatic hydroxyl groups is 3. The molecule has 10 nitrogen and oxygen atoms in total. The van der Waals surface area contributed by atoms with E-state index in [0.717, 1.165) is 25.0 Å². The van der Waals surface area contributed by atoms with Gasteiger partial charge in [0, 0.05) is 5.75 Å². The maximum Gasteiger partial charge on any atom is 0.248 e. The van der Waals surface area contributed by atoms with Crippen LogP contribution in [0.2, 0.25) is 0 Å². The van der Waals surface area contributed by atoms with Gasteiger partial charge in [0.2, 0.25) is 5.88 Å². The third-order valence-corrected chi connectivity index (χ3v) is 5.25. The van der Waals surface area contributed by atoms with Crippen molar-refractivity contribution in [2.24, 2.45) is 0 Å². The number of rotatable bonds is 9. The molecule has 150 valence electrons. The molecule has 0 unspecified atom stereocenters. The fraction of sp³-hybridized carbons (Fsp3) is 0.750. The Morgan fingerprint density at radius 3 is 2.67 bits per heavy atom. The van der Waals surface area contributed by atoms with Gasteiger partial charge < -0.3 is 24.8 Å². The Bertz CT molecular complexity index is 760. The van der Waals surface area contributed by atoms with Crippen LogP contribution in [0.3, 0.4) is 0 Å². The standard InChI is InChI=1S/C16H25N5O5S/c1-3-5-6-25-14-10-13(17-16(18-14)27-7-4-2)21(20-19-10)15-12(24)11(23)9(8-22)26-15/h9,11-12,15,22-24H,3-8H2,1-2H3/t9-,11-,12-,15-/m1/s1. The second kappa shape index (κ2) is 9.11. The fourth-order valence-electron chi connectivity index (χ4n) is 2.71. The number of nitrogens with zero attached hydrogens (tertiary/aromatic N) is 5. The number of ether oxygens (including phenoxy) is 2. The van der Waals surface area contributed by atoms with E-state index in [1.165, 1.54) is 16.4 Å². The zero-order chi connectivity index (χ0) is 19.4. The SMILES string of the molecule is CCCCOc1nc(SCCC)nc2c1nnn2[C@@H]1O[C@H](CO)[C@@H](O)[C@H]1O. The monoisotopic (exact) mass is 399 g/mol. The van der Waals surface area contributed by atoms with E-state index in [4.69, 9.17) is 9.47 Å². The Balaban J connectivity index is 1.98. The average Bonchev–Trinajstić information content (AvgIpc) is 3.21. The summed E-state index contributed by atoms with van der Waals surface area (Å²) in [7, 11) is 0. The molecule has 0 amide bonds. The first-order valence-corrected chi connectivity index (χ1v) is 10.1. The number of aliphatic hydroxyl groups excluding tert-OH is 3. The first-order chi connectivity index (χ1) is 13.1. The molecule has 4 atom stereocenters. The van der Waals surface area contributed by atoms with E-state index < -0.39 is 31.1 Å². The molecule has 3 rings (SSSR count). The molecule has 0 bridgehead atoms. The summed E-state index contributed by atoms with van der Waals surface area (Å²) in [6.07, 6.45) is -1.57. The molecule has 3 heterocycles. The lowest BCUT2D eigenvalue weighted by Crippen LogP contribution is -2.33. The van der Waals surface area contributed by atoms with Crippen molar-refractivity contribution in [1.29, 1.82) is 0 Å². The van der Waals surface area contributed by atoms with Gasteiger partial charge in [0.25, 0.3) is 0 Å². The summed E-state index contributed by atoms with van der Waals surface area (Å²) in [4.78, 5) is 8.93. The number of fused-ring (bicyclic) bond motifs is 1. The molecule has 0 aliphatic carbocycles. The van der Waals surface area contributed by atoms with Gasteiger partial charge in [-0.05, 0) is 12.8 Å². The van der Waals surface area contributed by atoms with Crippen LogP contribution in [0, 0.1) is 0 Å². The van der Waals surface area contributed by atoms with Crippen molar-refractivity contribution in [3.8, 4) is 5.88 Å². The quantitative estimate of drug-likeness (QED) is 0.311. The first kappa shape index (κ1) is 20.2. The minimum atomic E-state index is -1.27. The normalized spacial score (nSPS) is 25.4. The number of unbranched alkanes of at least 4 members (excludes halogenated alkanes) is 1. The van der Waals surface area contributed by atoms with Crippen molar-refractivity contribution < 1.29 is 24.8 Å². The first-order valence-electron chi connectivity index (χ1n) is 9.11. The molecule has 2 aromatic heterocycles. The predicted molar refractivity (Wildman–Crippen MR) is 97.5 cm³/mol. The lowest BCUT2D eigenvalue weighted by Gasteiger charge is -2.15. The van der Waals surface area contributed by atoms with Crippen LogP contribution >= 0.6 is 11.8 Å². The van der Waals surface area contributed by atoms with E-state index in [0.29, 0.717) is 28.8 Å². The zero-order valence-corrected chi connectivity index (χ0v) is 16.2. The van der Waals surface area contributed by atoms with Gasteiger partial charge in [0.15, 0.2) is 22.5 Å². The van der Waals surface area contributed by atoms with Gasteiger partial charge in [-0.2, -0.15) is 9.67 Å². The summed E-state index contributed by atoms with van der Waals surface area (Å²) in [5.74, 6) is 1.18. The van der Waals surface area contributed by atoms with Crippen LogP contribution in [-0.2, 0) is 4.74 Å². The maximum absolute atomic E-state index is 10.3. The molecule has 0 radical (unpaired) electrons. The summed E-state index contributed by atoms with van der Waals surface area (Å²) in [5, 5.41) is 38.2. The Morgan fingerprint density at radius 1 is 1.19 bits per heavy atom. The third kappa shape index (κ3) is 4.16. The highest BCUT2D eigenvalue weighted by molar-refractivity contribution is 7.99. The van der Waals surface area contributed by atoms with Crippen molar-refractivity contribution in [3.05, 3.63) is 0 Å². The predicted octanol–water partition coefficient (Wildman–Crippen LogP) is 0.514. The Morgan fingerprint density at radius 2 is 2.00 bits per heavy atom. The van der Waals surface area contributed by atoms with Gasteiger partial charge in [0.1, 0.15) is 18.3 Å². The van der Waals surface area contributed by atoms with E-state index >= 15 is 0 Å². The smallest absolute Gasteiger partial charge is 0.248 e. The van der Waals surface area contributed by atoms with Crippen LogP contribution in [-0.4, -0.2) is 77.6 Å². The van der Waals surface area contributed by atoms with Crippen molar-refractivity contribution in [2.45, 2.75) is 62.8 Å². The summed E-state index contributed by atoms with van der Waals surface area (Å²) in [6.45, 7) is 4.22. The molecule has 1 saturated heterocycles. The third-order valence-electron chi connectivity index (χ3n) is 4.20. The number of hydrogen-bond donors (Lipinski definition) is 3. The molecular formula is C16H25N5O5S. The van der Waals surface area contributed by atoms with Gasteiger partial charge in [-0.15, -0.1) is 5.10 Å². The van der Waals surface area contributed by atoms with Crippen molar-refractivity contribution in [1.82, 2.24) is 25.0 Å². The van der Waals surface area contributed by atoms with Crippen LogP contribution in [0.5, 0.6) is 5.88 Å². The molecular weight excluding hydrogens is 374 g/mol.